The van der Waals surface area contributed by atoms with Crippen LogP contribution in [0.4, 0.5) is 0 Å². The first-order valence-corrected chi connectivity index (χ1v) is 9.72. The van der Waals surface area contributed by atoms with E-state index >= 15 is 0 Å². The lowest BCUT2D eigenvalue weighted by Crippen LogP contribution is -1.94. The minimum absolute atomic E-state index is 0.477. The summed E-state index contributed by atoms with van der Waals surface area (Å²) in [5.74, 6) is 0. The van der Waals surface area contributed by atoms with Crippen LogP contribution in [0.25, 0.3) is 9.75 Å². The van der Waals surface area contributed by atoms with Gasteiger partial charge in [-0.15, -0.1) is 22.7 Å². The molecule has 0 bridgehead atoms. The van der Waals surface area contributed by atoms with Gasteiger partial charge in [-0.2, -0.15) is 0 Å². The predicted octanol–water partition coefficient (Wildman–Crippen LogP) is 4.05. The molecule has 0 N–H and O–H groups in total. The highest BCUT2D eigenvalue weighted by molar-refractivity contribution is 7.92. The van der Waals surface area contributed by atoms with Crippen molar-refractivity contribution < 1.29 is 8.42 Å². The Kier molecular flexibility index (Phi) is 3.88. The maximum absolute atomic E-state index is 12.3. The third-order valence-corrected chi connectivity index (χ3v) is 7.65. The molecule has 0 amide bonds. The van der Waals surface area contributed by atoms with E-state index in [4.69, 9.17) is 0 Å². The Morgan fingerprint density at radius 2 is 2.10 bits per heavy atom. The van der Waals surface area contributed by atoms with Gasteiger partial charge in [0, 0.05) is 11.4 Å². The molecule has 1 aliphatic rings. The average Bonchev–Trinajstić information content (AvgIpc) is 3.07. The molecule has 0 fully saturated rings. The fourth-order valence-corrected chi connectivity index (χ4v) is 7.07. The number of thiocarbonyl (C=S) groups is 1. The van der Waals surface area contributed by atoms with Crippen molar-refractivity contribution >= 4 is 49.9 Å². The second-order valence-corrected chi connectivity index (χ2v) is 8.58. The van der Waals surface area contributed by atoms with Crippen molar-refractivity contribution in [3.05, 3.63) is 22.4 Å². The molecular formula is C13H11NO2S4. The van der Waals surface area contributed by atoms with E-state index in [1.54, 1.807) is 17.4 Å². The van der Waals surface area contributed by atoms with Gasteiger partial charge in [0.25, 0.3) is 0 Å². The second-order valence-electron chi connectivity index (χ2n) is 4.45. The summed E-state index contributed by atoms with van der Waals surface area (Å²) in [5, 5.41) is 4.19. The summed E-state index contributed by atoms with van der Waals surface area (Å²) < 4.78 is 24.7. The van der Waals surface area contributed by atoms with E-state index in [-0.39, 0.29) is 0 Å². The molecule has 20 heavy (non-hydrogen) atoms. The van der Waals surface area contributed by atoms with Gasteiger partial charge in [-0.3, -0.25) is 0 Å². The lowest BCUT2D eigenvalue weighted by molar-refractivity contribution is 0.599. The van der Waals surface area contributed by atoms with Gasteiger partial charge in [-0.05, 0) is 49.0 Å². The lowest BCUT2D eigenvalue weighted by Gasteiger charge is -1.96. The van der Waals surface area contributed by atoms with Crippen LogP contribution in [-0.2, 0) is 16.3 Å². The van der Waals surface area contributed by atoms with E-state index in [1.165, 1.54) is 11.3 Å². The Morgan fingerprint density at radius 1 is 1.25 bits per heavy atom. The normalized spacial score (nSPS) is 14.6. The summed E-state index contributed by atoms with van der Waals surface area (Å²) in [6, 6.07) is 3.54. The van der Waals surface area contributed by atoms with Crippen molar-refractivity contribution in [2.75, 3.05) is 6.54 Å². The highest BCUT2D eigenvalue weighted by Gasteiger charge is 2.36. The summed E-state index contributed by atoms with van der Waals surface area (Å²) in [4.78, 5) is 7.80. The first-order chi connectivity index (χ1) is 9.64. The standard InChI is InChI=1S/C13H11NO2S4/c15-20(16)10-4-6-18-12(10)13-11(20)7-9(19-13)3-1-2-5-14-8-17/h4,6-7H,1-3,5H2. The van der Waals surface area contributed by atoms with E-state index < -0.39 is 9.84 Å². The third-order valence-electron chi connectivity index (χ3n) is 3.17. The molecule has 1 aliphatic heterocycles. The summed E-state index contributed by atoms with van der Waals surface area (Å²) in [6.07, 6.45) is 2.82. The highest BCUT2D eigenvalue weighted by atomic mass is 32.2. The lowest BCUT2D eigenvalue weighted by atomic mass is 10.2. The number of isothiocyanates is 1. The van der Waals surface area contributed by atoms with Gasteiger partial charge in [0.15, 0.2) is 0 Å². The molecule has 7 heteroatoms. The number of rotatable bonds is 5. The largest absolute Gasteiger partial charge is 0.233 e. The molecule has 104 valence electrons. The van der Waals surface area contributed by atoms with Gasteiger partial charge in [0.1, 0.15) is 0 Å². The molecular weight excluding hydrogens is 330 g/mol. The van der Waals surface area contributed by atoms with Crippen molar-refractivity contribution in [3.8, 4) is 9.75 Å². The quantitative estimate of drug-likeness (QED) is 0.399. The zero-order valence-electron chi connectivity index (χ0n) is 10.5. The van der Waals surface area contributed by atoms with Crippen LogP contribution in [0.5, 0.6) is 0 Å². The maximum Gasteiger partial charge on any atom is 0.209 e. The molecule has 2 aromatic rings. The molecule has 3 heterocycles. The molecule has 2 aromatic heterocycles. The molecule has 0 atom stereocenters. The van der Waals surface area contributed by atoms with E-state index in [0.29, 0.717) is 16.3 Å². The summed E-state index contributed by atoms with van der Waals surface area (Å²) in [6.45, 7) is 0.696. The van der Waals surface area contributed by atoms with Crippen LogP contribution in [0, 0.1) is 0 Å². The minimum atomic E-state index is -3.26. The van der Waals surface area contributed by atoms with Crippen LogP contribution in [0.2, 0.25) is 0 Å². The first-order valence-electron chi connectivity index (χ1n) is 6.14. The number of sulfone groups is 1. The molecule has 0 unspecified atom stereocenters. The predicted molar refractivity (Wildman–Crippen MR) is 85.9 cm³/mol. The number of hydrogen-bond acceptors (Lipinski definition) is 6. The number of aryl methyl sites for hydroxylation is 1. The smallest absolute Gasteiger partial charge is 0.209 e. The molecule has 0 aliphatic carbocycles. The first kappa shape index (κ1) is 14.1. The van der Waals surface area contributed by atoms with Crippen molar-refractivity contribution in [2.24, 2.45) is 4.99 Å². The van der Waals surface area contributed by atoms with Gasteiger partial charge in [0.2, 0.25) is 9.84 Å². The molecule has 0 radical (unpaired) electrons. The topological polar surface area (TPSA) is 46.5 Å². The third kappa shape index (κ3) is 2.29. The van der Waals surface area contributed by atoms with E-state index in [2.05, 4.69) is 22.4 Å². The van der Waals surface area contributed by atoms with Gasteiger partial charge in [0.05, 0.1) is 24.7 Å². The molecule has 3 rings (SSSR count). The minimum Gasteiger partial charge on any atom is -0.233 e. The van der Waals surface area contributed by atoms with E-state index in [9.17, 15) is 8.42 Å². The van der Waals surface area contributed by atoms with Crippen LogP contribution in [0.1, 0.15) is 17.7 Å². The molecule has 0 saturated heterocycles. The Balaban J connectivity index is 1.80. The van der Waals surface area contributed by atoms with Gasteiger partial charge in [-0.1, -0.05) is 0 Å². The molecule has 0 saturated carbocycles. The Bertz CT molecular complexity index is 794. The number of aliphatic imine (C=N–C) groups is 1. The van der Waals surface area contributed by atoms with Gasteiger partial charge >= 0.3 is 0 Å². The number of fused-ring (bicyclic) bond motifs is 3. The number of unbranched alkanes of at least 4 members (excludes halogenated alkanes) is 1. The summed E-state index contributed by atoms with van der Waals surface area (Å²) in [5.41, 5.74) is 0. The molecule has 0 aromatic carbocycles. The summed E-state index contributed by atoms with van der Waals surface area (Å²) >= 11 is 7.61. The highest BCUT2D eigenvalue weighted by Crippen LogP contribution is 2.50. The fraction of sp³-hybridized carbons (Fsp3) is 0.308. The Labute approximate surface area is 130 Å². The van der Waals surface area contributed by atoms with E-state index in [1.807, 2.05) is 11.4 Å². The Hall–Kier alpha value is -0.850. The van der Waals surface area contributed by atoms with Crippen LogP contribution >= 0.6 is 34.9 Å². The maximum atomic E-state index is 12.3. The van der Waals surface area contributed by atoms with E-state index in [0.717, 1.165) is 33.9 Å². The fourth-order valence-electron chi connectivity index (χ4n) is 2.23. The van der Waals surface area contributed by atoms with Crippen LogP contribution in [-0.4, -0.2) is 20.1 Å². The number of nitrogens with zero attached hydrogens (tertiary/aromatic N) is 1. The SMILES string of the molecule is O=S1(=O)c2ccsc2-c2sc(CCCCN=C=S)cc21. The van der Waals surface area contributed by atoms with Crippen molar-refractivity contribution in [1.82, 2.24) is 0 Å². The van der Waals surface area contributed by atoms with Crippen LogP contribution < -0.4 is 0 Å². The second kappa shape index (κ2) is 5.50. The monoisotopic (exact) mass is 341 g/mol. The zero-order chi connectivity index (χ0) is 14.2. The van der Waals surface area contributed by atoms with Crippen LogP contribution in [0.15, 0.2) is 32.3 Å². The molecule has 0 spiro atoms. The van der Waals surface area contributed by atoms with Crippen LogP contribution in [0.3, 0.4) is 0 Å². The zero-order valence-corrected chi connectivity index (χ0v) is 13.7. The molecule has 3 nitrogen and oxygen atoms in total. The summed E-state index contributed by atoms with van der Waals surface area (Å²) in [7, 11) is -3.26. The number of thiophene rings is 2. The van der Waals surface area contributed by atoms with Crippen molar-refractivity contribution in [1.29, 1.82) is 0 Å². The van der Waals surface area contributed by atoms with Crippen molar-refractivity contribution in [3.63, 3.8) is 0 Å². The van der Waals surface area contributed by atoms with Crippen molar-refractivity contribution in [2.45, 2.75) is 29.1 Å². The Morgan fingerprint density at radius 3 is 2.90 bits per heavy atom. The van der Waals surface area contributed by atoms with Gasteiger partial charge in [-0.25, -0.2) is 13.4 Å². The average molecular weight is 342 g/mol. The number of hydrogen-bond donors (Lipinski definition) is 0. The van der Waals surface area contributed by atoms with Gasteiger partial charge < -0.3 is 0 Å².